The van der Waals surface area contributed by atoms with Crippen molar-refractivity contribution in [3.8, 4) is 11.3 Å². The molecule has 0 bridgehead atoms. The van der Waals surface area contributed by atoms with Crippen LogP contribution in [0.25, 0.3) is 11.3 Å². The van der Waals surface area contributed by atoms with Crippen LogP contribution >= 0.6 is 0 Å². The highest BCUT2D eigenvalue weighted by molar-refractivity contribution is 7.90. The summed E-state index contributed by atoms with van der Waals surface area (Å²) in [5.74, 6) is 1.44. The van der Waals surface area contributed by atoms with Gasteiger partial charge in [-0.15, -0.1) is 0 Å². The highest BCUT2D eigenvalue weighted by atomic mass is 32.2. The lowest BCUT2D eigenvalue weighted by Crippen LogP contribution is -2.49. The molecule has 1 aromatic heterocycles. The van der Waals surface area contributed by atoms with Crippen LogP contribution in [0.2, 0.25) is 0 Å². The third-order valence-electron chi connectivity index (χ3n) is 4.61. The summed E-state index contributed by atoms with van der Waals surface area (Å²) < 4.78 is 32.0. The molecule has 24 heavy (non-hydrogen) atoms. The molecule has 0 spiro atoms. The Morgan fingerprint density at radius 1 is 1.08 bits per heavy atom. The summed E-state index contributed by atoms with van der Waals surface area (Å²) in [5, 5.41) is -0.121. The van der Waals surface area contributed by atoms with Gasteiger partial charge >= 0.3 is 0 Å². The fourth-order valence-electron chi connectivity index (χ4n) is 3.03. The van der Waals surface area contributed by atoms with Gasteiger partial charge in [0.2, 0.25) is 15.9 Å². The normalized spacial score (nSPS) is 20.3. The summed E-state index contributed by atoms with van der Waals surface area (Å²) >= 11 is 0. The van der Waals surface area contributed by atoms with Crippen molar-refractivity contribution in [3.63, 3.8) is 0 Å². The van der Waals surface area contributed by atoms with E-state index in [2.05, 4.69) is 9.88 Å². The summed E-state index contributed by atoms with van der Waals surface area (Å²) in [5.41, 5.74) is 1.01. The van der Waals surface area contributed by atoms with Gasteiger partial charge in [-0.1, -0.05) is 30.3 Å². The number of hydrogen-bond acceptors (Lipinski definition) is 5. The second kappa shape index (κ2) is 6.31. The summed E-state index contributed by atoms with van der Waals surface area (Å²) in [6.45, 7) is 3.17. The Morgan fingerprint density at radius 3 is 2.46 bits per heavy atom. The minimum absolute atomic E-state index is 0.121. The zero-order valence-corrected chi connectivity index (χ0v) is 14.3. The monoisotopic (exact) mass is 347 g/mol. The zero-order valence-electron chi connectivity index (χ0n) is 13.5. The molecule has 0 radical (unpaired) electrons. The highest BCUT2D eigenvalue weighted by Crippen LogP contribution is 2.31. The number of piperazine rings is 1. The lowest BCUT2D eigenvalue weighted by Gasteiger charge is -2.33. The van der Waals surface area contributed by atoms with Crippen LogP contribution in [0.5, 0.6) is 0 Å². The molecule has 6 nitrogen and oxygen atoms in total. The molecule has 2 aromatic rings. The second-order valence-electron chi connectivity index (χ2n) is 6.40. The van der Waals surface area contributed by atoms with E-state index in [0.717, 1.165) is 37.3 Å². The van der Waals surface area contributed by atoms with Gasteiger partial charge in [0.1, 0.15) is 0 Å². The molecule has 128 valence electrons. The van der Waals surface area contributed by atoms with Crippen molar-refractivity contribution >= 4 is 10.0 Å². The van der Waals surface area contributed by atoms with Gasteiger partial charge in [-0.05, 0) is 12.8 Å². The molecule has 2 heterocycles. The number of nitrogens with zero attached hydrogens (tertiary/aromatic N) is 3. The van der Waals surface area contributed by atoms with Gasteiger partial charge in [0.25, 0.3) is 0 Å². The minimum atomic E-state index is -3.05. The Bertz CT molecular complexity index is 791. The molecule has 0 atom stereocenters. The van der Waals surface area contributed by atoms with E-state index in [0.29, 0.717) is 25.5 Å². The van der Waals surface area contributed by atoms with Crippen molar-refractivity contribution in [2.45, 2.75) is 24.6 Å². The van der Waals surface area contributed by atoms with Crippen LogP contribution in [-0.4, -0.2) is 54.0 Å². The van der Waals surface area contributed by atoms with E-state index < -0.39 is 10.0 Å². The molecule has 2 aliphatic rings. The lowest BCUT2D eigenvalue weighted by atomic mass is 10.2. The maximum Gasteiger partial charge on any atom is 0.217 e. The molecular weight excluding hydrogens is 326 g/mol. The van der Waals surface area contributed by atoms with Gasteiger partial charge in [-0.25, -0.2) is 13.4 Å². The van der Waals surface area contributed by atoms with Crippen LogP contribution in [0.15, 0.2) is 40.9 Å². The molecule has 1 aliphatic carbocycles. The first-order valence-electron chi connectivity index (χ1n) is 8.34. The predicted octanol–water partition coefficient (Wildman–Crippen LogP) is 1.95. The Morgan fingerprint density at radius 2 is 1.79 bits per heavy atom. The van der Waals surface area contributed by atoms with E-state index in [1.165, 1.54) is 0 Å². The predicted molar refractivity (Wildman–Crippen MR) is 90.7 cm³/mol. The first-order valence-corrected chi connectivity index (χ1v) is 9.85. The summed E-state index contributed by atoms with van der Waals surface area (Å²) in [6.07, 6.45) is 3.39. The standard InChI is InChI=1S/C17H21N3O3S/c21-24(22,15-6-7-15)20-10-8-19(9-11-20)13-17-18-12-16(23-17)14-4-2-1-3-5-14/h1-5,12,15H,6-11,13H2. The van der Waals surface area contributed by atoms with Crippen LogP contribution in [0.1, 0.15) is 18.7 Å². The fraction of sp³-hybridized carbons (Fsp3) is 0.471. The van der Waals surface area contributed by atoms with Gasteiger partial charge in [0.05, 0.1) is 18.0 Å². The Kier molecular flexibility index (Phi) is 4.15. The molecule has 1 aromatic carbocycles. The van der Waals surface area contributed by atoms with Crippen LogP contribution in [-0.2, 0) is 16.6 Å². The average Bonchev–Trinajstić information content (AvgIpc) is 3.37. The van der Waals surface area contributed by atoms with Gasteiger partial charge < -0.3 is 4.42 Å². The third kappa shape index (κ3) is 3.24. The molecule has 1 aliphatic heterocycles. The fourth-order valence-corrected chi connectivity index (χ4v) is 4.86. The SMILES string of the molecule is O=S(=O)(C1CC1)N1CCN(Cc2ncc(-c3ccccc3)o2)CC1. The number of aromatic nitrogens is 1. The van der Waals surface area contributed by atoms with Crippen LogP contribution in [0.4, 0.5) is 0 Å². The van der Waals surface area contributed by atoms with E-state index in [4.69, 9.17) is 4.42 Å². The van der Waals surface area contributed by atoms with E-state index in [1.54, 1.807) is 10.5 Å². The minimum Gasteiger partial charge on any atom is -0.439 e. The van der Waals surface area contributed by atoms with Crippen molar-refractivity contribution in [1.82, 2.24) is 14.2 Å². The Hall–Kier alpha value is -1.70. The number of hydrogen-bond donors (Lipinski definition) is 0. The number of sulfonamides is 1. The topological polar surface area (TPSA) is 66.7 Å². The Labute approximate surface area is 142 Å². The number of oxazole rings is 1. The van der Waals surface area contributed by atoms with Gasteiger partial charge in [0, 0.05) is 31.7 Å². The molecule has 2 fully saturated rings. The average molecular weight is 347 g/mol. The molecule has 1 saturated heterocycles. The summed E-state index contributed by atoms with van der Waals surface area (Å²) in [4.78, 5) is 6.55. The van der Waals surface area contributed by atoms with Crippen LogP contribution in [0.3, 0.4) is 0 Å². The van der Waals surface area contributed by atoms with Gasteiger partial charge in [-0.2, -0.15) is 4.31 Å². The first-order chi connectivity index (χ1) is 11.6. The van der Waals surface area contributed by atoms with Crippen molar-refractivity contribution in [3.05, 3.63) is 42.4 Å². The van der Waals surface area contributed by atoms with E-state index in [-0.39, 0.29) is 5.25 Å². The number of rotatable bonds is 5. The zero-order chi connectivity index (χ0) is 16.6. The maximum atomic E-state index is 12.2. The van der Waals surface area contributed by atoms with Gasteiger partial charge in [-0.3, -0.25) is 4.90 Å². The van der Waals surface area contributed by atoms with Crippen molar-refractivity contribution in [1.29, 1.82) is 0 Å². The van der Waals surface area contributed by atoms with Crippen LogP contribution < -0.4 is 0 Å². The summed E-state index contributed by atoms with van der Waals surface area (Å²) in [7, 11) is -3.05. The molecule has 1 saturated carbocycles. The molecule has 7 heteroatoms. The smallest absolute Gasteiger partial charge is 0.217 e. The van der Waals surface area contributed by atoms with Crippen molar-refractivity contribution in [2.75, 3.05) is 26.2 Å². The second-order valence-corrected chi connectivity index (χ2v) is 8.62. The van der Waals surface area contributed by atoms with E-state index in [1.807, 2.05) is 30.3 Å². The number of benzene rings is 1. The molecule has 0 unspecified atom stereocenters. The molecule has 4 rings (SSSR count). The molecule has 0 N–H and O–H groups in total. The lowest BCUT2D eigenvalue weighted by molar-refractivity contribution is 0.168. The quantitative estimate of drug-likeness (QED) is 0.827. The van der Waals surface area contributed by atoms with Crippen molar-refractivity contribution in [2.24, 2.45) is 0 Å². The molecule has 0 amide bonds. The first kappa shape index (κ1) is 15.8. The molecular formula is C17H21N3O3S. The van der Waals surface area contributed by atoms with E-state index >= 15 is 0 Å². The Balaban J connectivity index is 1.35. The van der Waals surface area contributed by atoms with Crippen LogP contribution in [0, 0.1) is 0 Å². The largest absolute Gasteiger partial charge is 0.439 e. The highest BCUT2D eigenvalue weighted by Gasteiger charge is 2.40. The third-order valence-corrected chi connectivity index (χ3v) is 7.01. The van der Waals surface area contributed by atoms with E-state index in [9.17, 15) is 8.42 Å². The summed E-state index contributed by atoms with van der Waals surface area (Å²) in [6, 6.07) is 9.89. The van der Waals surface area contributed by atoms with Gasteiger partial charge in [0.15, 0.2) is 5.76 Å². The maximum absolute atomic E-state index is 12.2. The van der Waals surface area contributed by atoms with Crippen molar-refractivity contribution < 1.29 is 12.8 Å².